The Labute approximate surface area is 88.0 Å². The highest BCUT2D eigenvalue weighted by atomic mass is 16.5. The van der Waals surface area contributed by atoms with E-state index in [9.17, 15) is 4.79 Å². The van der Waals surface area contributed by atoms with Gasteiger partial charge in [-0.15, -0.1) is 0 Å². The third kappa shape index (κ3) is 9.56. The summed E-state index contributed by atoms with van der Waals surface area (Å²) in [5, 5.41) is 0. The normalized spacial score (nSPS) is 12.4. The lowest BCUT2D eigenvalue weighted by atomic mass is 10.1. The quantitative estimate of drug-likeness (QED) is 0.397. The zero-order valence-corrected chi connectivity index (χ0v) is 9.63. The van der Waals surface area contributed by atoms with E-state index in [1.807, 2.05) is 6.92 Å². The van der Waals surface area contributed by atoms with Crippen LogP contribution in [0.1, 0.15) is 65.2 Å². The van der Waals surface area contributed by atoms with Crippen LogP contribution in [0.2, 0.25) is 0 Å². The number of hydrogen-bond acceptors (Lipinski definition) is 2. The van der Waals surface area contributed by atoms with Crippen LogP contribution in [0.5, 0.6) is 0 Å². The molecule has 0 aromatic carbocycles. The first-order valence-corrected chi connectivity index (χ1v) is 5.90. The molecule has 84 valence electrons. The average Bonchev–Trinajstić information content (AvgIpc) is 2.17. The molecule has 0 bridgehead atoms. The Morgan fingerprint density at radius 1 is 1.07 bits per heavy atom. The van der Waals surface area contributed by atoms with Crippen LogP contribution in [-0.2, 0) is 9.53 Å². The summed E-state index contributed by atoms with van der Waals surface area (Å²) >= 11 is 0. The second-order valence-electron chi connectivity index (χ2n) is 3.95. The molecule has 0 saturated heterocycles. The van der Waals surface area contributed by atoms with E-state index in [1.54, 1.807) is 0 Å². The first kappa shape index (κ1) is 13.5. The number of carbonyl (C=O) groups excluding carboxylic acids is 1. The van der Waals surface area contributed by atoms with Crippen molar-refractivity contribution in [2.24, 2.45) is 0 Å². The maximum atomic E-state index is 10.0. The molecular formula is C12H24O2. The highest BCUT2D eigenvalue weighted by Crippen LogP contribution is 2.10. The molecule has 0 N–H and O–H groups in total. The van der Waals surface area contributed by atoms with Gasteiger partial charge >= 0.3 is 0 Å². The number of hydrogen-bond donors (Lipinski definition) is 0. The molecule has 2 heteroatoms. The molecule has 0 fully saturated rings. The number of rotatable bonds is 10. The van der Waals surface area contributed by atoms with Crippen molar-refractivity contribution in [1.29, 1.82) is 0 Å². The Hall–Kier alpha value is -0.530. The van der Waals surface area contributed by atoms with Gasteiger partial charge in [0, 0.05) is 0 Å². The summed E-state index contributed by atoms with van der Waals surface area (Å²) in [7, 11) is 0. The van der Waals surface area contributed by atoms with Crippen LogP contribution < -0.4 is 0 Å². The van der Waals surface area contributed by atoms with Crippen molar-refractivity contribution in [3.05, 3.63) is 0 Å². The summed E-state index contributed by atoms with van der Waals surface area (Å²) in [6, 6.07) is 0. The first-order valence-electron chi connectivity index (χ1n) is 5.90. The van der Waals surface area contributed by atoms with E-state index in [2.05, 4.69) is 6.92 Å². The highest BCUT2D eigenvalue weighted by Gasteiger charge is 2.00. The fourth-order valence-electron chi connectivity index (χ4n) is 1.55. The van der Waals surface area contributed by atoms with Crippen LogP contribution in [0, 0.1) is 0 Å². The number of carbonyl (C=O) groups is 1. The molecule has 0 heterocycles. The minimum Gasteiger partial charge on any atom is -0.465 e. The summed E-state index contributed by atoms with van der Waals surface area (Å²) in [5.74, 6) is 0. The molecule has 1 unspecified atom stereocenters. The van der Waals surface area contributed by atoms with Crippen LogP contribution in [-0.4, -0.2) is 12.6 Å². The summed E-state index contributed by atoms with van der Waals surface area (Å²) in [6.45, 7) is 4.73. The zero-order chi connectivity index (χ0) is 10.6. The molecule has 0 rings (SSSR count). The summed E-state index contributed by atoms with van der Waals surface area (Å²) in [4.78, 5) is 10.0. The molecule has 14 heavy (non-hydrogen) atoms. The van der Waals surface area contributed by atoms with E-state index in [1.165, 1.54) is 44.9 Å². The van der Waals surface area contributed by atoms with Gasteiger partial charge in [-0.1, -0.05) is 45.4 Å². The Kier molecular flexibility index (Phi) is 10.2. The van der Waals surface area contributed by atoms with Crippen LogP contribution in [0.15, 0.2) is 0 Å². The molecule has 1 atom stereocenters. The molecular weight excluding hydrogens is 176 g/mol. The summed E-state index contributed by atoms with van der Waals surface area (Å²) in [6.07, 6.45) is 10.3. The molecule has 0 aliphatic rings. The maximum absolute atomic E-state index is 10.0. The van der Waals surface area contributed by atoms with E-state index < -0.39 is 0 Å². The van der Waals surface area contributed by atoms with E-state index in [4.69, 9.17) is 4.74 Å². The predicted molar refractivity (Wildman–Crippen MR) is 59.2 cm³/mol. The van der Waals surface area contributed by atoms with Crippen LogP contribution in [0.25, 0.3) is 0 Å². The SMILES string of the molecule is CCCCCCCCCC(C)OC=O. The molecule has 0 spiro atoms. The van der Waals surface area contributed by atoms with E-state index >= 15 is 0 Å². The lowest BCUT2D eigenvalue weighted by Crippen LogP contribution is -2.05. The van der Waals surface area contributed by atoms with Gasteiger partial charge in [0.15, 0.2) is 0 Å². The minimum atomic E-state index is 0.100. The molecule has 0 saturated carbocycles. The fraction of sp³-hybridized carbons (Fsp3) is 0.917. The smallest absolute Gasteiger partial charge is 0.293 e. The van der Waals surface area contributed by atoms with Crippen molar-refractivity contribution in [2.45, 2.75) is 71.3 Å². The average molecular weight is 200 g/mol. The van der Waals surface area contributed by atoms with Gasteiger partial charge in [0.2, 0.25) is 0 Å². The van der Waals surface area contributed by atoms with Gasteiger partial charge in [-0.05, 0) is 19.8 Å². The van der Waals surface area contributed by atoms with Gasteiger partial charge < -0.3 is 4.74 Å². The second kappa shape index (κ2) is 10.6. The van der Waals surface area contributed by atoms with Crippen LogP contribution in [0.4, 0.5) is 0 Å². The van der Waals surface area contributed by atoms with Crippen molar-refractivity contribution in [2.75, 3.05) is 0 Å². The van der Waals surface area contributed by atoms with Gasteiger partial charge in [0.05, 0.1) is 6.10 Å². The minimum absolute atomic E-state index is 0.100. The molecule has 0 aliphatic heterocycles. The molecule has 2 nitrogen and oxygen atoms in total. The Balaban J connectivity index is 3.01. The molecule has 0 amide bonds. The van der Waals surface area contributed by atoms with E-state index in [-0.39, 0.29) is 6.10 Å². The zero-order valence-electron chi connectivity index (χ0n) is 9.63. The van der Waals surface area contributed by atoms with Gasteiger partial charge in [-0.2, -0.15) is 0 Å². The standard InChI is InChI=1S/C12H24O2/c1-3-4-5-6-7-8-9-10-12(2)14-11-13/h11-12H,3-10H2,1-2H3. The van der Waals surface area contributed by atoms with E-state index in [0.29, 0.717) is 6.47 Å². The van der Waals surface area contributed by atoms with Gasteiger partial charge in [-0.3, -0.25) is 4.79 Å². The van der Waals surface area contributed by atoms with Crippen LogP contribution in [0.3, 0.4) is 0 Å². The number of unbranched alkanes of at least 4 members (excludes halogenated alkanes) is 6. The molecule has 0 aromatic heterocycles. The van der Waals surface area contributed by atoms with Crippen molar-refractivity contribution in [3.8, 4) is 0 Å². The topological polar surface area (TPSA) is 26.3 Å². The lowest BCUT2D eigenvalue weighted by Gasteiger charge is -2.08. The van der Waals surface area contributed by atoms with Crippen molar-refractivity contribution in [1.82, 2.24) is 0 Å². The monoisotopic (exact) mass is 200 g/mol. The second-order valence-corrected chi connectivity index (χ2v) is 3.95. The third-order valence-electron chi connectivity index (χ3n) is 2.50. The van der Waals surface area contributed by atoms with E-state index in [0.717, 1.165) is 6.42 Å². The van der Waals surface area contributed by atoms with Gasteiger partial charge in [0.1, 0.15) is 0 Å². The highest BCUT2D eigenvalue weighted by molar-refractivity contribution is 5.37. The largest absolute Gasteiger partial charge is 0.465 e. The predicted octanol–water partition coefficient (Wildman–Crippen LogP) is 3.69. The number of ether oxygens (including phenoxy) is 1. The Morgan fingerprint density at radius 2 is 1.64 bits per heavy atom. The summed E-state index contributed by atoms with van der Waals surface area (Å²) < 4.78 is 4.81. The molecule has 0 radical (unpaired) electrons. The Bertz CT molecular complexity index is 123. The molecule has 0 aromatic rings. The van der Waals surface area contributed by atoms with Gasteiger partial charge in [-0.25, -0.2) is 0 Å². The van der Waals surface area contributed by atoms with Gasteiger partial charge in [0.25, 0.3) is 6.47 Å². The van der Waals surface area contributed by atoms with Crippen LogP contribution >= 0.6 is 0 Å². The molecule has 0 aliphatic carbocycles. The third-order valence-corrected chi connectivity index (χ3v) is 2.50. The summed E-state index contributed by atoms with van der Waals surface area (Å²) in [5.41, 5.74) is 0. The van der Waals surface area contributed by atoms with Crippen molar-refractivity contribution >= 4 is 6.47 Å². The van der Waals surface area contributed by atoms with Crippen molar-refractivity contribution in [3.63, 3.8) is 0 Å². The Morgan fingerprint density at radius 3 is 2.21 bits per heavy atom. The lowest BCUT2D eigenvalue weighted by molar-refractivity contribution is -0.133. The maximum Gasteiger partial charge on any atom is 0.293 e. The van der Waals surface area contributed by atoms with Crippen molar-refractivity contribution < 1.29 is 9.53 Å². The first-order chi connectivity index (χ1) is 6.81. The fourth-order valence-corrected chi connectivity index (χ4v) is 1.55.